The van der Waals surface area contributed by atoms with Crippen LogP contribution in [0.5, 0.6) is 0 Å². The number of hydrogen-bond donors (Lipinski definition) is 5. The standard InChI is InChI=1S/C37H44N6O10/c1-24(40-31(44)22-39-36(49)53-37(2,3)4)33(46)38-21-32(45)41-29(19-25-11-7-5-8-12-25)34(47)42-30(20-26-13-9-6-10-14-26)35(48)52-23-27-15-17-28(18-16-27)43(50)51/h5-18,24,29-30H,19-23H2,1-4H3,(H,38,46)(H,39,49)(H,40,44)(H,41,45)(H,42,47). The third kappa shape index (κ3) is 15.2. The maximum Gasteiger partial charge on any atom is 0.408 e. The average molecular weight is 733 g/mol. The molecule has 0 heterocycles. The summed E-state index contributed by atoms with van der Waals surface area (Å²) in [6.45, 7) is 5.19. The van der Waals surface area contributed by atoms with Gasteiger partial charge in [0.15, 0.2) is 0 Å². The predicted octanol–water partition coefficient (Wildman–Crippen LogP) is 2.24. The van der Waals surface area contributed by atoms with E-state index in [2.05, 4.69) is 26.6 Å². The van der Waals surface area contributed by atoms with Gasteiger partial charge in [-0.2, -0.15) is 0 Å². The number of ether oxygens (including phenoxy) is 2. The molecular formula is C37H44N6O10. The zero-order valence-corrected chi connectivity index (χ0v) is 29.9. The number of non-ortho nitro benzene ring substituents is 1. The Morgan fingerprint density at radius 2 is 1.21 bits per heavy atom. The minimum atomic E-state index is -1.18. The summed E-state index contributed by atoms with van der Waals surface area (Å²) in [5.74, 6) is -3.55. The van der Waals surface area contributed by atoms with Gasteiger partial charge in [0.2, 0.25) is 23.6 Å². The molecular weight excluding hydrogens is 688 g/mol. The average Bonchev–Trinajstić information content (AvgIpc) is 3.11. The number of carbonyl (C=O) groups is 6. The molecule has 5 N–H and O–H groups in total. The second-order valence-corrected chi connectivity index (χ2v) is 13.0. The van der Waals surface area contributed by atoms with Gasteiger partial charge in [0.05, 0.1) is 11.5 Å². The molecule has 0 aliphatic carbocycles. The lowest BCUT2D eigenvalue weighted by atomic mass is 10.0. The molecule has 0 spiro atoms. The van der Waals surface area contributed by atoms with E-state index in [4.69, 9.17) is 9.47 Å². The molecule has 5 amide bonds. The van der Waals surface area contributed by atoms with Crippen molar-refractivity contribution in [3.05, 3.63) is 112 Å². The molecule has 3 aromatic carbocycles. The SMILES string of the molecule is CC(NC(=O)CNC(=O)OC(C)(C)C)C(=O)NCC(=O)NC(Cc1ccccc1)C(=O)NC(Cc1ccccc1)C(=O)OCc1ccc([N+](=O)[O-])cc1. The van der Waals surface area contributed by atoms with Gasteiger partial charge in [-0.25, -0.2) is 9.59 Å². The number of rotatable bonds is 17. The molecule has 0 saturated heterocycles. The zero-order valence-electron chi connectivity index (χ0n) is 29.9. The van der Waals surface area contributed by atoms with E-state index >= 15 is 0 Å². The number of alkyl carbamates (subject to hydrolysis) is 1. The highest BCUT2D eigenvalue weighted by Gasteiger charge is 2.29. The van der Waals surface area contributed by atoms with Crippen molar-refractivity contribution in [1.82, 2.24) is 26.6 Å². The van der Waals surface area contributed by atoms with Gasteiger partial charge in [0, 0.05) is 25.0 Å². The van der Waals surface area contributed by atoms with Crippen LogP contribution in [0.2, 0.25) is 0 Å². The normalized spacial score (nSPS) is 12.5. The largest absolute Gasteiger partial charge is 0.459 e. The molecule has 0 bridgehead atoms. The summed E-state index contributed by atoms with van der Waals surface area (Å²) in [5.41, 5.74) is 1.04. The molecule has 0 saturated carbocycles. The Balaban J connectivity index is 1.64. The van der Waals surface area contributed by atoms with Gasteiger partial charge in [0.1, 0.15) is 36.9 Å². The zero-order chi connectivity index (χ0) is 39.0. The number of carbonyl (C=O) groups excluding carboxylic acids is 6. The van der Waals surface area contributed by atoms with Gasteiger partial charge in [-0.1, -0.05) is 60.7 Å². The molecule has 0 fully saturated rings. The highest BCUT2D eigenvalue weighted by molar-refractivity contribution is 5.94. The first kappa shape index (κ1) is 41.1. The van der Waals surface area contributed by atoms with Crippen LogP contribution in [0.25, 0.3) is 0 Å². The molecule has 3 unspecified atom stereocenters. The van der Waals surface area contributed by atoms with Crippen molar-refractivity contribution in [2.75, 3.05) is 13.1 Å². The highest BCUT2D eigenvalue weighted by Crippen LogP contribution is 2.14. The first-order valence-corrected chi connectivity index (χ1v) is 16.7. The fraction of sp³-hybridized carbons (Fsp3) is 0.351. The van der Waals surface area contributed by atoms with E-state index in [0.29, 0.717) is 11.1 Å². The number of nitro groups is 1. The van der Waals surface area contributed by atoms with Crippen LogP contribution in [0, 0.1) is 10.1 Å². The van der Waals surface area contributed by atoms with E-state index in [1.54, 1.807) is 81.4 Å². The number of nitro benzene ring substituents is 1. The van der Waals surface area contributed by atoms with E-state index in [-0.39, 0.29) is 25.1 Å². The summed E-state index contributed by atoms with van der Waals surface area (Å²) in [4.78, 5) is 87.2. The minimum absolute atomic E-state index is 0.0410. The Hall–Kier alpha value is -6.32. The Kier molecular flexibility index (Phi) is 15.4. The summed E-state index contributed by atoms with van der Waals surface area (Å²) in [7, 11) is 0. The molecule has 53 heavy (non-hydrogen) atoms. The second kappa shape index (κ2) is 19.9. The molecule has 3 rings (SSSR count). The topological polar surface area (TPSA) is 224 Å². The van der Waals surface area contributed by atoms with Crippen molar-refractivity contribution in [2.24, 2.45) is 0 Å². The summed E-state index contributed by atoms with van der Waals surface area (Å²) < 4.78 is 10.6. The molecule has 16 heteroatoms. The lowest BCUT2D eigenvalue weighted by Crippen LogP contribution is -2.55. The summed E-state index contributed by atoms with van der Waals surface area (Å²) in [5, 5.41) is 23.4. The van der Waals surface area contributed by atoms with Gasteiger partial charge < -0.3 is 36.1 Å². The Morgan fingerprint density at radius 1 is 0.679 bits per heavy atom. The van der Waals surface area contributed by atoms with E-state index < -0.39 is 77.4 Å². The van der Waals surface area contributed by atoms with E-state index in [9.17, 15) is 38.9 Å². The fourth-order valence-electron chi connectivity index (χ4n) is 4.73. The third-order valence-corrected chi connectivity index (χ3v) is 7.33. The van der Waals surface area contributed by atoms with Gasteiger partial charge in [-0.3, -0.25) is 29.3 Å². The Morgan fingerprint density at radius 3 is 1.75 bits per heavy atom. The maximum atomic E-state index is 13.7. The third-order valence-electron chi connectivity index (χ3n) is 7.33. The van der Waals surface area contributed by atoms with Crippen molar-refractivity contribution in [3.8, 4) is 0 Å². The maximum absolute atomic E-state index is 13.7. The smallest absolute Gasteiger partial charge is 0.408 e. The van der Waals surface area contributed by atoms with Crippen LogP contribution in [-0.4, -0.2) is 77.4 Å². The van der Waals surface area contributed by atoms with Crippen LogP contribution in [0.3, 0.4) is 0 Å². The van der Waals surface area contributed by atoms with Crippen molar-refractivity contribution in [2.45, 2.75) is 70.9 Å². The number of esters is 1. The second-order valence-electron chi connectivity index (χ2n) is 13.0. The van der Waals surface area contributed by atoms with Crippen molar-refractivity contribution in [1.29, 1.82) is 0 Å². The molecule has 0 radical (unpaired) electrons. The first-order valence-electron chi connectivity index (χ1n) is 16.7. The van der Waals surface area contributed by atoms with Crippen LogP contribution in [0.15, 0.2) is 84.9 Å². The van der Waals surface area contributed by atoms with Gasteiger partial charge in [0.25, 0.3) is 5.69 Å². The number of nitrogens with one attached hydrogen (secondary N) is 5. The summed E-state index contributed by atoms with van der Waals surface area (Å²) in [6.07, 6.45) is -0.703. The molecule has 0 aliphatic heterocycles. The number of benzene rings is 3. The van der Waals surface area contributed by atoms with Crippen LogP contribution >= 0.6 is 0 Å². The Labute approximate surface area is 306 Å². The van der Waals surface area contributed by atoms with Gasteiger partial charge in [-0.05, 0) is 56.5 Å². The van der Waals surface area contributed by atoms with Crippen LogP contribution in [-0.2, 0) is 52.9 Å². The van der Waals surface area contributed by atoms with Crippen LogP contribution in [0.1, 0.15) is 44.4 Å². The van der Waals surface area contributed by atoms with Crippen LogP contribution in [0.4, 0.5) is 10.5 Å². The molecule has 3 aromatic rings. The van der Waals surface area contributed by atoms with E-state index in [1.165, 1.54) is 31.2 Å². The van der Waals surface area contributed by atoms with Crippen molar-refractivity contribution < 1.29 is 43.2 Å². The number of hydrogen-bond acceptors (Lipinski definition) is 10. The highest BCUT2D eigenvalue weighted by atomic mass is 16.6. The lowest BCUT2D eigenvalue weighted by Gasteiger charge is -2.23. The number of amides is 5. The Bertz CT molecular complexity index is 1730. The first-order chi connectivity index (χ1) is 25.1. The fourth-order valence-corrected chi connectivity index (χ4v) is 4.73. The molecule has 0 aromatic heterocycles. The summed E-state index contributed by atoms with van der Waals surface area (Å²) in [6, 6.07) is 19.8. The van der Waals surface area contributed by atoms with Crippen molar-refractivity contribution >= 4 is 41.4 Å². The quantitative estimate of drug-likeness (QED) is 0.0773. The summed E-state index contributed by atoms with van der Waals surface area (Å²) >= 11 is 0. The molecule has 0 aliphatic rings. The monoisotopic (exact) mass is 732 g/mol. The minimum Gasteiger partial charge on any atom is -0.459 e. The van der Waals surface area contributed by atoms with Gasteiger partial charge >= 0.3 is 12.1 Å². The van der Waals surface area contributed by atoms with Crippen LogP contribution < -0.4 is 26.6 Å². The van der Waals surface area contributed by atoms with E-state index in [0.717, 1.165) is 5.56 Å². The predicted molar refractivity (Wildman–Crippen MR) is 192 cm³/mol. The number of nitrogens with zero attached hydrogens (tertiary/aromatic N) is 1. The van der Waals surface area contributed by atoms with Crippen molar-refractivity contribution in [3.63, 3.8) is 0 Å². The molecule has 3 atom stereocenters. The van der Waals surface area contributed by atoms with E-state index in [1.807, 2.05) is 0 Å². The van der Waals surface area contributed by atoms with Gasteiger partial charge in [-0.15, -0.1) is 0 Å². The molecule has 16 nitrogen and oxygen atoms in total. The molecule has 282 valence electrons. The lowest BCUT2D eigenvalue weighted by molar-refractivity contribution is -0.384.